The van der Waals surface area contributed by atoms with Gasteiger partial charge in [0.2, 0.25) is 0 Å². The number of aryl methyl sites for hydroxylation is 1. The molecule has 0 aliphatic rings. The molecule has 6 rings (SSSR count). The van der Waals surface area contributed by atoms with Crippen molar-refractivity contribution >= 4 is 27.8 Å². The number of benzene rings is 4. The molecule has 0 spiro atoms. The molecule has 0 saturated carbocycles. The van der Waals surface area contributed by atoms with Crippen molar-refractivity contribution in [2.24, 2.45) is 7.05 Å². The molecular formula is C36H25F7N2O4. The number of ether oxygens (including phenoxy) is 1. The van der Waals surface area contributed by atoms with Crippen LogP contribution in [0.1, 0.15) is 49.8 Å². The first-order chi connectivity index (χ1) is 23.1. The average Bonchev–Trinajstić information content (AvgIpc) is 3.42. The van der Waals surface area contributed by atoms with Gasteiger partial charge in [0.25, 0.3) is 5.56 Å². The number of para-hydroxylation sites is 2. The number of fused-ring (bicyclic) bond motifs is 2. The fraction of sp³-hybridized carbons (Fsp3) is 0.167. The van der Waals surface area contributed by atoms with Crippen LogP contribution >= 0.6 is 0 Å². The van der Waals surface area contributed by atoms with E-state index in [4.69, 9.17) is 4.74 Å². The molecule has 0 bridgehead atoms. The van der Waals surface area contributed by atoms with Gasteiger partial charge in [-0.2, -0.15) is 26.3 Å². The molecule has 49 heavy (non-hydrogen) atoms. The number of carbonyl (C=O) groups excluding carboxylic acids is 1. The number of alkyl halides is 6. The van der Waals surface area contributed by atoms with Gasteiger partial charge in [-0.05, 0) is 59.7 Å². The van der Waals surface area contributed by atoms with Crippen LogP contribution in [0.2, 0.25) is 0 Å². The fourth-order valence-corrected chi connectivity index (χ4v) is 6.07. The second-order valence-corrected chi connectivity index (χ2v) is 11.4. The average molecular weight is 683 g/mol. The summed E-state index contributed by atoms with van der Waals surface area (Å²) in [5, 5.41) is 12.5. The zero-order chi connectivity index (χ0) is 35.2. The molecule has 2 N–H and O–H groups in total. The quantitative estimate of drug-likeness (QED) is 0.131. The number of nitrogens with one attached hydrogen (secondary N) is 1. The van der Waals surface area contributed by atoms with Crippen molar-refractivity contribution in [1.82, 2.24) is 9.55 Å². The number of aromatic nitrogens is 2. The summed E-state index contributed by atoms with van der Waals surface area (Å²) in [5.41, 5.74) is -2.86. The summed E-state index contributed by atoms with van der Waals surface area (Å²) in [5.74, 6) is -3.48. The van der Waals surface area contributed by atoms with Crippen molar-refractivity contribution in [2.45, 2.75) is 24.7 Å². The van der Waals surface area contributed by atoms with Crippen LogP contribution in [0.5, 0.6) is 5.75 Å². The number of pyridine rings is 1. The Balaban J connectivity index is 1.45. The van der Waals surface area contributed by atoms with E-state index in [0.29, 0.717) is 33.1 Å². The maximum atomic E-state index is 14.7. The Morgan fingerprint density at radius 1 is 0.857 bits per heavy atom. The molecule has 6 aromatic rings. The predicted octanol–water partition coefficient (Wildman–Crippen LogP) is 8.48. The van der Waals surface area contributed by atoms with Gasteiger partial charge in [0, 0.05) is 35.5 Å². The highest BCUT2D eigenvalue weighted by molar-refractivity contribution is 5.90. The van der Waals surface area contributed by atoms with Crippen LogP contribution in [-0.2, 0) is 30.6 Å². The molecule has 4 aromatic carbocycles. The number of carbonyl (C=O) groups is 1. The number of rotatable bonds is 7. The van der Waals surface area contributed by atoms with E-state index in [-0.39, 0.29) is 41.5 Å². The van der Waals surface area contributed by atoms with E-state index in [1.807, 2.05) is 0 Å². The molecule has 1 atom stereocenters. The lowest BCUT2D eigenvalue weighted by Gasteiger charge is -2.22. The summed E-state index contributed by atoms with van der Waals surface area (Å²) in [4.78, 5) is 30.0. The van der Waals surface area contributed by atoms with Crippen LogP contribution in [0.15, 0.2) is 95.8 Å². The predicted molar refractivity (Wildman–Crippen MR) is 167 cm³/mol. The van der Waals surface area contributed by atoms with Gasteiger partial charge in [-0.3, -0.25) is 4.79 Å². The minimum Gasteiger partial charge on any atom is -0.507 e. The number of halogens is 7. The Bertz CT molecular complexity index is 2250. The molecule has 0 fully saturated rings. The van der Waals surface area contributed by atoms with E-state index in [1.54, 1.807) is 54.6 Å². The Hall–Kier alpha value is -5.59. The molecule has 2 aromatic heterocycles. The number of aromatic hydroxyl groups is 1. The minimum absolute atomic E-state index is 0.0831. The summed E-state index contributed by atoms with van der Waals surface area (Å²) in [6.45, 7) is -0.497. The van der Waals surface area contributed by atoms with Gasteiger partial charge < -0.3 is 19.4 Å². The van der Waals surface area contributed by atoms with E-state index < -0.39 is 58.9 Å². The number of hydrogen-bond donors (Lipinski definition) is 2. The van der Waals surface area contributed by atoms with E-state index in [1.165, 1.54) is 29.8 Å². The van der Waals surface area contributed by atoms with Crippen molar-refractivity contribution in [3.8, 4) is 5.75 Å². The van der Waals surface area contributed by atoms with Crippen LogP contribution in [0.4, 0.5) is 30.7 Å². The third kappa shape index (κ3) is 6.35. The lowest BCUT2D eigenvalue weighted by molar-refractivity contribution is -0.143. The third-order valence-electron chi connectivity index (χ3n) is 8.33. The highest BCUT2D eigenvalue weighted by Gasteiger charge is 2.38. The van der Waals surface area contributed by atoms with Gasteiger partial charge >= 0.3 is 18.3 Å². The normalized spacial score (nSPS) is 12.8. The number of H-pyrrole nitrogens is 1. The number of nitrogens with zero attached hydrogens (tertiary/aromatic N) is 1. The number of esters is 1. The SMILES string of the molecule is Cn1c(=O)c(C(c2cccc(F)c2)c2[nH]c3ccccc3c2CCOC(=O)c2cc(C(F)(F)F)cc(C(F)(F)F)c2)c(O)c2ccccc21. The number of aromatic amines is 1. The zero-order valence-electron chi connectivity index (χ0n) is 25.4. The van der Waals surface area contributed by atoms with Crippen molar-refractivity contribution in [1.29, 1.82) is 0 Å². The van der Waals surface area contributed by atoms with Gasteiger partial charge in [-0.1, -0.05) is 42.5 Å². The van der Waals surface area contributed by atoms with Crippen molar-refractivity contribution in [3.05, 3.63) is 146 Å². The molecule has 0 saturated heterocycles. The topological polar surface area (TPSA) is 84.3 Å². The molecule has 2 heterocycles. The van der Waals surface area contributed by atoms with Gasteiger partial charge in [0.1, 0.15) is 11.6 Å². The van der Waals surface area contributed by atoms with E-state index in [2.05, 4.69) is 4.98 Å². The molecule has 0 amide bonds. The monoisotopic (exact) mass is 682 g/mol. The second kappa shape index (κ2) is 12.5. The first kappa shape index (κ1) is 33.3. The van der Waals surface area contributed by atoms with Crippen LogP contribution in [0, 0.1) is 5.82 Å². The Morgan fingerprint density at radius 2 is 1.49 bits per heavy atom. The lowest BCUT2D eigenvalue weighted by atomic mass is 9.85. The fourth-order valence-electron chi connectivity index (χ4n) is 6.07. The van der Waals surface area contributed by atoms with Gasteiger partial charge in [-0.25, -0.2) is 9.18 Å². The maximum absolute atomic E-state index is 14.7. The van der Waals surface area contributed by atoms with Gasteiger partial charge in [0.15, 0.2) is 0 Å². The Labute approximate surface area is 273 Å². The Kier molecular flexibility index (Phi) is 8.47. The van der Waals surface area contributed by atoms with E-state index >= 15 is 0 Å². The molecule has 0 aliphatic heterocycles. The molecule has 6 nitrogen and oxygen atoms in total. The number of hydrogen-bond acceptors (Lipinski definition) is 4. The molecule has 1 unspecified atom stereocenters. The second-order valence-electron chi connectivity index (χ2n) is 11.4. The van der Waals surface area contributed by atoms with Crippen molar-refractivity contribution < 1.29 is 45.4 Å². The first-order valence-corrected chi connectivity index (χ1v) is 14.8. The summed E-state index contributed by atoms with van der Waals surface area (Å²) < 4.78 is 102. The highest BCUT2D eigenvalue weighted by atomic mass is 19.4. The first-order valence-electron chi connectivity index (χ1n) is 14.8. The summed E-state index contributed by atoms with van der Waals surface area (Å²) in [6.07, 6.45) is -10.4. The maximum Gasteiger partial charge on any atom is 0.416 e. The van der Waals surface area contributed by atoms with Gasteiger partial charge in [0.05, 0.1) is 40.3 Å². The Morgan fingerprint density at radius 3 is 2.14 bits per heavy atom. The van der Waals surface area contributed by atoms with E-state index in [0.717, 1.165) is 0 Å². The largest absolute Gasteiger partial charge is 0.507 e. The van der Waals surface area contributed by atoms with Crippen LogP contribution < -0.4 is 5.56 Å². The third-order valence-corrected chi connectivity index (χ3v) is 8.33. The van der Waals surface area contributed by atoms with Crippen molar-refractivity contribution in [3.63, 3.8) is 0 Å². The van der Waals surface area contributed by atoms with Crippen LogP contribution in [0.3, 0.4) is 0 Å². The van der Waals surface area contributed by atoms with E-state index in [9.17, 15) is 45.4 Å². The molecule has 0 aliphatic carbocycles. The standard InChI is InChI=1S/C36H25F7N2O4/c1-45-28-12-5-3-10-26(28)32(46)30(33(45)47)29(19-7-6-8-23(37)17-19)31-25(24-9-2-4-11-27(24)44-31)13-14-49-34(48)20-15-21(35(38,39)40)18-22(16-20)36(41,42)43/h2-12,15-18,29,44,46H,13-14H2,1H3. The summed E-state index contributed by atoms with van der Waals surface area (Å²) >= 11 is 0. The lowest BCUT2D eigenvalue weighted by Crippen LogP contribution is -2.25. The van der Waals surface area contributed by atoms with Crippen LogP contribution in [0.25, 0.3) is 21.8 Å². The molecule has 13 heteroatoms. The van der Waals surface area contributed by atoms with Crippen LogP contribution in [-0.4, -0.2) is 27.2 Å². The summed E-state index contributed by atoms with van der Waals surface area (Å²) in [6, 6.07) is 19.4. The minimum atomic E-state index is -5.16. The smallest absolute Gasteiger partial charge is 0.416 e. The van der Waals surface area contributed by atoms with Gasteiger partial charge in [-0.15, -0.1) is 0 Å². The summed E-state index contributed by atoms with van der Waals surface area (Å²) in [7, 11) is 1.53. The molecular weight excluding hydrogens is 657 g/mol. The molecule has 252 valence electrons. The zero-order valence-corrected chi connectivity index (χ0v) is 25.4. The highest BCUT2D eigenvalue weighted by Crippen LogP contribution is 2.41. The molecule has 0 radical (unpaired) electrons. The van der Waals surface area contributed by atoms with Crippen molar-refractivity contribution in [2.75, 3.05) is 6.61 Å².